The molecule has 1 aliphatic heterocycles. The molecule has 53 heavy (non-hydrogen) atoms. The lowest BCUT2D eigenvalue weighted by Crippen LogP contribution is -2.15. The standard InChI is InChI=1S/C52H34O/c1-2-15-34(16-3-1)47-32-36(31-35-18-5-7-21-38(35)47)39-29-30-46(51-45-26-12-13-28-48(45)53-52(39)51)50-43-24-10-8-22-41(43)49(42-23-9-11-25-44(42)50)40-27-14-19-33-17-4-6-20-37(33)40/h1-32,45,48H. The highest BCUT2D eigenvalue weighted by Gasteiger charge is 2.37. The molecule has 1 nitrogen and oxygen atoms in total. The lowest BCUT2D eigenvalue weighted by atomic mass is 9.80. The summed E-state index contributed by atoms with van der Waals surface area (Å²) in [7, 11) is 0. The minimum atomic E-state index is -0.0589. The summed E-state index contributed by atoms with van der Waals surface area (Å²) < 4.78 is 7.04. The van der Waals surface area contributed by atoms with Gasteiger partial charge in [0.05, 0.1) is 0 Å². The Labute approximate surface area is 308 Å². The quantitative estimate of drug-likeness (QED) is 0.169. The van der Waals surface area contributed by atoms with Crippen LogP contribution in [-0.2, 0) is 0 Å². The third kappa shape index (κ3) is 4.64. The lowest BCUT2D eigenvalue weighted by molar-refractivity contribution is 0.270. The first-order valence-corrected chi connectivity index (χ1v) is 18.5. The van der Waals surface area contributed by atoms with Gasteiger partial charge >= 0.3 is 0 Å². The van der Waals surface area contributed by atoms with Gasteiger partial charge in [-0.25, -0.2) is 0 Å². The first kappa shape index (κ1) is 30.0. The highest BCUT2D eigenvalue weighted by Crippen LogP contribution is 2.54. The van der Waals surface area contributed by atoms with Gasteiger partial charge in [0.1, 0.15) is 11.9 Å². The van der Waals surface area contributed by atoms with Gasteiger partial charge in [0, 0.05) is 17.0 Å². The van der Waals surface area contributed by atoms with Crippen molar-refractivity contribution in [1.29, 1.82) is 0 Å². The van der Waals surface area contributed by atoms with Crippen molar-refractivity contribution in [3.05, 3.63) is 200 Å². The molecule has 248 valence electrons. The molecule has 0 bridgehead atoms. The van der Waals surface area contributed by atoms with E-state index in [1.807, 2.05) is 0 Å². The number of hydrogen-bond donors (Lipinski definition) is 0. The molecular formula is C52H34O. The van der Waals surface area contributed by atoms with E-state index in [-0.39, 0.29) is 12.0 Å². The van der Waals surface area contributed by atoms with Gasteiger partial charge in [-0.3, -0.25) is 0 Å². The van der Waals surface area contributed by atoms with Gasteiger partial charge in [-0.15, -0.1) is 0 Å². The third-order valence-corrected chi connectivity index (χ3v) is 11.4. The van der Waals surface area contributed by atoms with Gasteiger partial charge in [0.25, 0.3) is 0 Å². The molecular weight excluding hydrogens is 641 g/mol. The van der Waals surface area contributed by atoms with Gasteiger partial charge in [0.2, 0.25) is 0 Å². The summed E-state index contributed by atoms with van der Waals surface area (Å²) in [5.74, 6) is 1.09. The molecule has 0 spiro atoms. The summed E-state index contributed by atoms with van der Waals surface area (Å²) in [4.78, 5) is 0. The molecule has 0 amide bonds. The smallest absolute Gasteiger partial charge is 0.132 e. The van der Waals surface area contributed by atoms with E-state index in [2.05, 4.69) is 194 Å². The molecule has 0 saturated heterocycles. The van der Waals surface area contributed by atoms with E-state index in [1.165, 1.54) is 82.0 Å². The molecule has 11 rings (SSSR count). The maximum absolute atomic E-state index is 7.04. The van der Waals surface area contributed by atoms with Crippen molar-refractivity contribution in [2.45, 2.75) is 12.0 Å². The summed E-state index contributed by atoms with van der Waals surface area (Å²) in [5, 5.41) is 10.0. The van der Waals surface area contributed by atoms with Crippen LogP contribution in [0.25, 0.3) is 87.6 Å². The number of benzene rings is 9. The Morgan fingerprint density at radius 1 is 0.358 bits per heavy atom. The van der Waals surface area contributed by atoms with Crippen molar-refractivity contribution < 1.29 is 4.74 Å². The summed E-state index contributed by atoms with van der Waals surface area (Å²) in [6, 6.07) is 62.2. The Morgan fingerprint density at radius 2 is 0.906 bits per heavy atom. The van der Waals surface area contributed by atoms with Crippen molar-refractivity contribution in [3.8, 4) is 50.3 Å². The first-order valence-electron chi connectivity index (χ1n) is 18.5. The Bertz CT molecular complexity index is 2920. The number of allylic oxidation sites excluding steroid dienone is 2. The summed E-state index contributed by atoms with van der Waals surface area (Å²) in [6.45, 7) is 0. The Hall–Kier alpha value is -6.70. The average Bonchev–Trinajstić information content (AvgIpc) is 3.62. The summed E-state index contributed by atoms with van der Waals surface area (Å²) in [6.07, 6.45) is 8.79. The van der Waals surface area contributed by atoms with Crippen LogP contribution >= 0.6 is 0 Å². The topological polar surface area (TPSA) is 9.23 Å². The molecule has 0 N–H and O–H groups in total. The maximum Gasteiger partial charge on any atom is 0.132 e. The van der Waals surface area contributed by atoms with Crippen LogP contribution in [0.1, 0.15) is 11.5 Å². The van der Waals surface area contributed by atoms with Crippen LogP contribution in [-0.4, -0.2) is 6.10 Å². The lowest BCUT2D eigenvalue weighted by Gasteiger charge is -2.22. The molecule has 2 atom stereocenters. The predicted octanol–water partition coefficient (Wildman–Crippen LogP) is 13.9. The number of rotatable bonds is 4. The minimum absolute atomic E-state index is 0.0589. The van der Waals surface area contributed by atoms with Gasteiger partial charge in [-0.05, 0) is 100 Å². The first-order chi connectivity index (χ1) is 26.3. The molecule has 2 unspecified atom stereocenters. The second kappa shape index (κ2) is 11.9. The second-order valence-electron chi connectivity index (χ2n) is 14.3. The van der Waals surface area contributed by atoms with E-state index < -0.39 is 0 Å². The normalized spacial score (nSPS) is 15.9. The Kier molecular flexibility index (Phi) is 6.75. The van der Waals surface area contributed by atoms with Crippen LogP contribution in [0.5, 0.6) is 5.75 Å². The zero-order chi connectivity index (χ0) is 34.9. The molecule has 2 aliphatic rings. The SMILES string of the molecule is C1=CC2Oc3c(-c4cc(-c5ccccc5)c5ccccc5c4)ccc(-c4c5ccccc5c(-c5cccc6ccccc56)c5ccccc45)c3C2C=C1. The van der Waals surface area contributed by atoms with Crippen LogP contribution in [0.2, 0.25) is 0 Å². The van der Waals surface area contributed by atoms with E-state index in [9.17, 15) is 0 Å². The molecule has 9 aromatic rings. The van der Waals surface area contributed by atoms with Crippen molar-refractivity contribution in [1.82, 2.24) is 0 Å². The number of hydrogen-bond acceptors (Lipinski definition) is 1. The van der Waals surface area contributed by atoms with Crippen molar-refractivity contribution >= 4 is 43.1 Å². The molecule has 1 heterocycles. The molecule has 0 radical (unpaired) electrons. The molecule has 0 aromatic heterocycles. The molecule has 1 heteroatoms. The largest absolute Gasteiger partial charge is 0.484 e. The van der Waals surface area contributed by atoms with Gasteiger partial charge < -0.3 is 4.74 Å². The zero-order valence-corrected chi connectivity index (χ0v) is 29.0. The fourth-order valence-electron chi connectivity index (χ4n) is 9.07. The van der Waals surface area contributed by atoms with E-state index in [4.69, 9.17) is 4.74 Å². The monoisotopic (exact) mass is 674 g/mol. The average molecular weight is 675 g/mol. The van der Waals surface area contributed by atoms with Gasteiger partial charge in [-0.1, -0.05) is 176 Å². The van der Waals surface area contributed by atoms with Crippen LogP contribution in [0.15, 0.2) is 194 Å². The van der Waals surface area contributed by atoms with E-state index in [0.717, 1.165) is 16.9 Å². The van der Waals surface area contributed by atoms with E-state index in [0.29, 0.717) is 0 Å². The predicted molar refractivity (Wildman–Crippen MR) is 224 cm³/mol. The summed E-state index contributed by atoms with van der Waals surface area (Å²) >= 11 is 0. The van der Waals surface area contributed by atoms with Crippen LogP contribution in [0, 0.1) is 0 Å². The fraction of sp³-hybridized carbons (Fsp3) is 0.0385. The highest BCUT2D eigenvalue weighted by atomic mass is 16.5. The van der Waals surface area contributed by atoms with Crippen molar-refractivity contribution in [2.75, 3.05) is 0 Å². The molecule has 1 aliphatic carbocycles. The van der Waals surface area contributed by atoms with Crippen LogP contribution in [0.4, 0.5) is 0 Å². The van der Waals surface area contributed by atoms with Crippen molar-refractivity contribution in [3.63, 3.8) is 0 Å². The molecule has 9 aromatic carbocycles. The number of ether oxygens (including phenoxy) is 1. The Balaban J connectivity index is 1.21. The minimum Gasteiger partial charge on any atom is -0.484 e. The summed E-state index contributed by atoms with van der Waals surface area (Å²) in [5.41, 5.74) is 11.0. The van der Waals surface area contributed by atoms with Crippen LogP contribution < -0.4 is 4.74 Å². The Morgan fingerprint density at radius 3 is 1.62 bits per heavy atom. The molecule has 0 fully saturated rings. The van der Waals surface area contributed by atoms with Gasteiger partial charge in [0.15, 0.2) is 0 Å². The van der Waals surface area contributed by atoms with E-state index >= 15 is 0 Å². The maximum atomic E-state index is 7.04. The molecule has 0 saturated carbocycles. The van der Waals surface area contributed by atoms with Crippen molar-refractivity contribution in [2.24, 2.45) is 0 Å². The fourth-order valence-corrected chi connectivity index (χ4v) is 9.07. The van der Waals surface area contributed by atoms with Gasteiger partial charge in [-0.2, -0.15) is 0 Å². The van der Waals surface area contributed by atoms with E-state index in [1.54, 1.807) is 0 Å². The number of fused-ring (bicyclic) bond motifs is 7. The highest BCUT2D eigenvalue weighted by molar-refractivity contribution is 6.24. The third-order valence-electron chi connectivity index (χ3n) is 11.4. The zero-order valence-electron chi connectivity index (χ0n) is 29.0. The van der Waals surface area contributed by atoms with Crippen LogP contribution in [0.3, 0.4) is 0 Å². The second-order valence-corrected chi connectivity index (χ2v) is 14.3.